The molecule has 0 fully saturated rings. The Kier molecular flexibility index (Phi) is 17.3. The zero-order valence-electron chi connectivity index (χ0n) is 24.7. The highest BCUT2D eigenvalue weighted by Gasteiger charge is 2.22. The first-order valence-corrected chi connectivity index (χ1v) is 16.3. The van der Waals surface area contributed by atoms with E-state index in [2.05, 4.69) is 38.1 Å². The molecule has 3 rings (SSSR count). The van der Waals surface area contributed by atoms with Crippen LogP contribution < -0.4 is 0 Å². The van der Waals surface area contributed by atoms with E-state index in [4.69, 9.17) is 37.9 Å². The molecule has 3 heterocycles. The van der Waals surface area contributed by atoms with E-state index in [0.717, 1.165) is 0 Å². The van der Waals surface area contributed by atoms with E-state index in [1.165, 1.54) is 40.4 Å². The molecule has 0 amide bonds. The minimum atomic E-state index is 0.495. The quantitative estimate of drug-likeness (QED) is 0.108. The van der Waals surface area contributed by atoms with Crippen molar-refractivity contribution in [1.29, 1.82) is 0 Å². The summed E-state index contributed by atoms with van der Waals surface area (Å²) in [7, 11) is 3.33. The van der Waals surface area contributed by atoms with Crippen LogP contribution in [-0.2, 0) is 51.1 Å². The Morgan fingerprint density at radius 1 is 0.439 bits per heavy atom. The third-order valence-corrected chi connectivity index (χ3v) is 9.52. The van der Waals surface area contributed by atoms with Gasteiger partial charge in [0.2, 0.25) is 0 Å². The van der Waals surface area contributed by atoms with Gasteiger partial charge in [0.05, 0.1) is 102 Å². The molecule has 0 unspecified atom stereocenters. The standard InChI is InChI=1S/C30H44O8S3/c1-23-5-7-27(39-23)29-25(21-37-19-17-35-15-13-33-11-9-31-3)26(30(41-29)28-8-6-24(2)40-28)22-38-20-18-36-16-14-34-12-10-32-4/h5-8H,9-22H2,1-4H3. The molecule has 0 aliphatic carbocycles. The largest absolute Gasteiger partial charge is 0.382 e. The van der Waals surface area contributed by atoms with E-state index in [1.807, 2.05) is 34.0 Å². The molecule has 8 nitrogen and oxygen atoms in total. The summed E-state index contributed by atoms with van der Waals surface area (Å²) in [4.78, 5) is 7.59. The van der Waals surface area contributed by atoms with Crippen LogP contribution in [-0.4, -0.2) is 93.5 Å². The minimum absolute atomic E-state index is 0.495. The zero-order valence-corrected chi connectivity index (χ0v) is 27.1. The van der Waals surface area contributed by atoms with Crippen molar-refractivity contribution in [3.05, 3.63) is 45.1 Å². The molecule has 3 aromatic heterocycles. The van der Waals surface area contributed by atoms with Crippen molar-refractivity contribution in [2.24, 2.45) is 0 Å². The smallest absolute Gasteiger partial charge is 0.0736 e. The summed E-state index contributed by atoms with van der Waals surface area (Å²) < 4.78 is 44.5. The number of hydrogen-bond donors (Lipinski definition) is 0. The Morgan fingerprint density at radius 2 is 0.780 bits per heavy atom. The Morgan fingerprint density at radius 3 is 1.10 bits per heavy atom. The first-order valence-electron chi connectivity index (χ1n) is 13.9. The van der Waals surface area contributed by atoms with Crippen LogP contribution in [0.5, 0.6) is 0 Å². The van der Waals surface area contributed by atoms with Crippen LogP contribution in [0.25, 0.3) is 19.5 Å². The van der Waals surface area contributed by atoms with Gasteiger partial charge in [0, 0.05) is 44.9 Å². The lowest BCUT2D eigenvalue weighted by atomic mass is 10.1. The molecule has 3 aromatic rings. The maximum atomic E-state index is 6.15. The Bertz CT molecular complexity index is 1010. The van der Waals surface area contributed by atoms with Gasteiger partial charge in [-0.15, -0.1) is 34.0 Å². The fraction of sp³-hybridized carbons (Fsp3) is 0.600. The van der Waals surface area contributed by atoms with Crippen LogP contribution in [0.3, 0.4) is 0 Å². The van der Waals surface area contributed by atoms with E-state index < -0.39 is 0 Å². The van der Waals surface area contributed by atoms with Crippen LogP contribution in [0.4, 0.5) is 0 Å². The molecule has 0 spiro atoms. The Labute approximate surface area is 256 Å². The van der Waals surface area contributed by atoms with Gasteiger partial charge in [0.25, 0.3) is 0 Å². The van der Waals surface area contributed by atoms with Gasteiger partial charge in [-0.25, -0.2) is 0 Å². The number of methoxy groups -OCH3 is 2. The van der Waals surface area contributed by atoms with Gasteiger partial charge >= 0.3 is 0 Å². The topological polar surface area (TPSA) is 73.8 Å². The summed E-state index contributed by atoms with van der Waals surface area (Å²) in [6, 6.07) is 8.76. The molecule has 0 aliphatic heterocycles. The number of ether oxygens (including phenoxy) is 8. The maximum Gasteiger partial charge on any atom is 0.0736 e. The summed E-state index contributed by atoms with van der Waals surface area (Å²) >= 11 is 5.45. The van der Waals surface area contributed by atoms with Gasteiger partial charge in [-0.3, -0.25) is 0 Å². The van der Waals surface area contributed by atoms with Crippen LogP contribution in [0, 0.1) is 13.8 Å². The number of thiophene rings is 3. The van der Waals surface area contributed by atoms with E-state index in [1.54, 1.807) is 14.2 Å². The molecule has 41 heavy (non-hydrogen) atoms. The van der Waals surface area contributed by atoms with E-state index in [9.17, 15) is 0 Å². The second-order valence-corrected chi connectivity index (χ2v) is 12.7. The highest BCUT2D eigenvalue weighted by atomic mass is 32.1. The zero-order chi connectivity index (χ0) is 29.1. The van der Waals surface area contributed by atoms with Crippen LogP contribution in [0.1, 0.15) is 20.9 Å². The van der Waals surface area contributed by atoms with Crippen molar-refractivity contribution in [3.63, 3.8) is 0 Å². The highest BCUT2D eigenvalue weighted by molar-refractivity contribution is 7.26. The lowest BCUT2D eigenvalue weighted by Gasteiger charge is -2.11. The molecule has 0 saturated heterocycles. The SMILES string of the molecule is COCCOCCOCCOCc1c(-c2ccc(C)s2)sc(-c2ccc(C)s2)c1COCCOCCOCCOC. The van der Waals surface area contributed by atoms with Gasteiger partial charge in [0.15, 0.2) is 0 Å². The molecule has 0 saturated carbocycles. The monoisotopic (exact) mass is 628 g/mol. The van der Waals surface area contributed by atoms with Crippen LogP contribution in [0.15, 0.2) is 24.3 Å². The first-order chi connectivity index (χ1) is 20.1. The molecule has 0 aromatic carbocycles. The maximum absolute atomic E-state index is 6.15. The van der Waals surface area contributed by atoms with Crippen molar-refractivity contribution in [2.45, 2.75) is 27.1 Å². The van der Waals surface area contributed by atoms with Gasteiger partial charge in [0.1, 0.15) is 0 Å². The first kappa shape index (κ1) is 34.3. The van der Waals surface area contributed by atoms with Crippen molar-refractivity contribution >= 4 is 34.0 Å². The molecule has 11 heteroatoms. The summed E-state index contributed by atoms with van der Waals surface area (Å²) in [5.74, 6) is 0. The molecule has 0 radical (unpaired) electrons. The third kappa shape index (κ3) is 12.5. The summed E-state index contributed by atoms with van der Waals surface area (Å²) in [6.45, 7) is 11.8. The summed E-state index contributed by atoms with van der Waals surface area (Å²) in [5.41, 5.74) is 2.38. The number of aryl methyl sites for hydroxylation is 2. The predicted molar refractivity (Wildman–Crippen MR) is 167 cm³/mol. The number of hydrogen-bond acceptors (Lipinski definition) is 11. The van der Waals surface area contributed by atoms with Gasteiger partial charge in [-0.1, -0.05) is 0 Å². The average molecular weight is 629 g/mol. The lowest BCUT2D eigenvalue weighted by molar-refractivity contribution is -0.00149. The van der Waals surface area contributed by atoms with Gasteiger partial charge < -0.3 is 37.9 Å². The van der Waals surface area contributed by atoms with Crippen molar-refractivity contribution in [3.8, 4) is 19.5 Å². The van der Waals surface area contributed by atoms with Gasteiger partial charge in [-0.05, 0) is 38.1 Å². The second kappa shape index (κ2) is 20.6. The minimum Gasteiger partial charge on any atom is -0.382 e. The molecular formula is C30H44O8S3. The molecular weight excluding hydrogens is 585 g/mol. The highest BCUT2D eigenvalue weighted by Crippen LogP contribution is 2.46. The lowest BCUT2D eigenvalue weighted by Crippen LogP contribution is -2.12. The van der Waals surface area contributed by atoms with E-state index >= 15 is 0 Å². The fourth-order valence-electron chi connectivity index (χ4n) is 3.83. The summed E-state index contributed by atoms with van der Waals surface area (Å²) in [5, 5.41) is 0. The fourth-order valence-corrected chi connectivity index (χ4v) is 7.15. The predicted octanol–water partition coefficient (Wildman–Crippen LogP) is 6.21. The van der Waals surface area contributed by atoms with E-state index in [-0.39, 0.29) is 0 Å². The van der Waals surface area contributed by atoms with Crippen molar-refractivity contribution < 1.29 is 37.9 Å². The van der Waals surface area contributed by atoms with Crippen molar-refractivity contribution in [2.75, 3.05) is 93.5 Å². The number of rotatable bonds is 24. The molecule has 0 N–H and O–H groups in total. The normalized spacial score (nSPS) is 11.6. The second-order valence-electron chi connectivity index (χ2n) is 9.08. The Hall–Kier alpha value is -1.22. The average Bonchev–Trinajstić information content (AvgIpc) is 3.69. The van der Waals surface area contributed by atoms with E-state index in [0.29, 0.717) is 92.5 Å². The molecule has 230 valence electrons. The van der Waals surface area contributed by atoms with Crippen LogP contribution in [0.2, 0.25) is 0 Å². The Balaban J connectivity index is 1.61. The van der Waals surface area contributed by atoms with Crippen LogP contribution >= 0.6 is 34.0 Å². The molecule has 0 bridgehead atoms. The summed E-state index contributed by atoms with van der Waals surface area (Å²) in [6.07, 6.45) is 0. The molecule has 0 atom stereocenters. The molecule has 0 aliphatic rings. The van der Waals surface area contributed by atoms with Crippen molar-refractivity contribution in [1.82, 2.24) is 0 Å². The third-order valence-electron chi connectivity index (χ3n) is 5.89. The van der Waals surface area contributed by atoms with Gasteiger partial charge in [-0.2, -0.15) is 0 Å².